The summed E-state index contributed by atoms with van der Waals surface area (Å²) in [4.78, 5) is 31.4. The molecule has 1 aromatic carbocycles. The molecule has 8 nitrogen and oxygen atoms in total. The minimum absolute atomic E-state index is 0.284. The Kier molecular flexibility index (Phi) is 7.39. The first-order valence-electron chi connectivity index (χ1n) is 9.94. The molecule has 0 bridgehead atoms. The van der Waals surface area contributed by atoms with Gasteiger partial charge in [-0.3, -0.25) is 4.79 Å². The number of likely N-dealkylation sites (N-methyl/N-ethyl adjacent to an activating group) is 1. The van der Waals surface area contributed by atoms with Crippen molar-refractivity contribution in [3.05, 3.63) is 42.6 Å². The van der Waals surface area contributed by atoms with Gasteiger partial charge in [-0.2, -0.15) is 0 Å². The van der Waals surface area contributed by atoms with Gasteiger partial charge in [0.1, 0.15) is 11.6 Å². The second-order valence-corrected chi connectivity index (χ2v) is 7.03. The van der Waals surface area contributed by atoms with Gasteiger partial charge in [0.05, 0.1) is 0 Å². The molecule has 1 fully saturated rings. The number of rotatable bonds is 5. The molecular formula is C21H23F3N4O4. The number of benzene rings is 1. The van der Waals surface area contributed by atoms with Gasteiger partial charge >= 0.3 is 12.5 Å². The van der Waals surface area contributed by atoms with Crippen LogP contribution in [0.2, 0.25) is 0 Å². The number of anilines is 1. The minimum Gasteiger partial charge on any atom is -0.439 e. The number of aromatic nitrogens is 1. The van der Waals surface area contributed by atoms with E-state index in [0.29, 0.717) is 38.2 Å². The summed E-state index contributed by atoms with van der Waals surface area (Å²) in [6, 6.07) is 9.24. The van der Waals surface area contributed by atoms with Crippen molar-refractivity contribution in [2.24, 2.45) is 0 Å². The third-order valence-corrected chi connectivity index (χ3v) is 4.85. The number of alkyl halides is 3. The van der Waals surface area contributed by atoms with Crippen LogP contribution >= 0.6 is 0 Å². The van der Waals surface area contributed by atoms with Crippen LogP contribution in [0.15, 0.2) is 42.6 Å². The number of amides is 2. The maximum absolute atomic E-state index is 12.3. The number of pyridine rings is 1. The second kappa shape index (κ2) is 10.2. The van der Waals surface area contributed by atoms with Crippen molar-refractivity contribution in [1.29, 1.82) is 0 Å². The fourth-order valence-electron chi connectivity index (χ4n) is 3.21. The van der Waals surface area contributed by atoms with E-state index in [1.807, 2.05) is 17.0 Å². The van der Waals surface area contributed by atoms with Crippen molar-refractivity contribution in [2.75, 3.05) is 44.7 Å². The molecule has 1 aromatic heterocycles. The summed E-state index contributed by atoms with van der Waals surface area (Å²) in [7, 11) is 1.47. The predicted octanol–water partition coefficient (Wildman–Crippen LogP) is 3.04. The van der Waals surface area contributed by atoms with Crippen LogP contribution < -0.4 is 15.0 Å². The number of ether oxygens (including phenoxy) is 2. The normalized spacial score (nSPS) is 14.5. The molecule has 32 heavy (non-hydrogen) atoms. The monoisotopic (exact) mass is 452 g/mol. The quantitative estimate of drug-likeness (QED) is 0.751. The lowest BCUT2D eigenvalue weighted by Gasteiger charge is -2.22. The van der Waals surface area contributed by atoms with Crippen molar-refractivity contribution >= 4 is 17.8 Å². The lowest BCUT2D eigenvalue weighted by molar-refractivity contribution is -0.274. The SMILES string of the molecule is CNC(=O)COC(=O)N1CCCN(c2ccc(-c3ccc(OC(F)(F)F)cc3)cn2)CC1. The third kappa shape index (κ3) is 6.50. The summed E-state index contributed by atoms with van der Waals surface area (Å²) in [6.07, 6.45) is -2.90. The Balaban J connectivity index is 1.58. The Morgan fingerprint density at radius 1 is 1.03 bits per heavy atom. The van der Waals surface area contributed by atoms with E-state index >= 15 is 0 Å². The van der Waals surface area contributed by atoms with E-state index in [1.165, 1.54) is 31.3 Å². The smallest absolute Gasteiger partial charge is 0.439 e. The summed E-state index contributed by atoms with van der Waals surface area (Å²) < 4.78 is 45.7. The van der Waals surface area contributed by atoms with Crippen LogP contribution in [0.5, 0.6) is 5.75 Å². The average Bonchev–Trinajstić information content (AvgIpc) is 3.03. The number of halogens is 3. The van der Waals surface area contributed by atoms with Gasteiger partial charge in [0.25, 0.3) is 5.91 Å². The maximum Gasteiger partial charge on any atom is 0.573 e. The molecule has 2 heterocycles. The largest absolute Gasteiger partial charge is 0.573 e. The zero-order chi connectivity index (χ0) is 23.1. The van der Waals surface area contributed by atoms with Crippen LogP contribution in [0.3, 0.4) is 0 Å². The van der Waals surface area contributed by atoms with Crippen molar-refractivity contribution < 1.29 is 32.2 Å². The fourth-order valence-corrected chi connectivity index (χ4v) is 3.21. The topological polar surface area (TPSA) is 84.0 Å². The summed E-state index contributed by atoms with van der Waals surface area (Å²) in [5.74, 6) is 0.0711. The Morgan fingerprint density at radius 2 is 1.75 bits per heavy atom. The molecule has 172 valence electrons. The first kappa shape index (κ1) is 23.2. The Morgan fingerprint density at radius 3 is 2.38 bits per heavy atom. The fraction of sp³-hybridized carbons (Fsp3) is 0.381. The number of nitrogens with zero attached hydrogens (tertiary/aromatic N) is 3. The Bertz CT molecular complexity index is 920. The highest BCUT2D eigenvalue weighted by atomic mass is 19.4. The van der Waals surface area contributed by atoms with Gasteiger partial charge in [-0.25, -0.2) is 9.78 Å². The number of hydrogen-bond donors (Lipinski definition) is 1. The Labute approximate surface area is 182 Å². The molecule has 2 aromatic rings. The molecule has 0 radical (unpaired) electrons. The molecule has 1 aliphatic heterocycles. The highest BCUT2D eigenvalue weighted by molar-refractivity contribution is 5.79. The molecule has 0 aliphatic carbocycles. The van der Waals surface area contributed by atoms with E-state index in [-0.39, 0.29) is 18.3 Å². The van der Waals surface area contributed by atoms with Crippen LogP contribution in [0.25, 0.3) is 11.1 Å². The molecule has 1 N–H and O–H groups in total. The number of hydrogen-bond acceptors (Lipinski definition) is 6. The third-order valence-electron chi connectivity index (χ3n) is 4.85. The molecule has 0 atom stereocenters. The van der Waals surface area contributed by atoms with Crippen molar-refractivity contribution in [1.82, 2.24) is 15.2 Å². The van der Waals surface area contributed by atoms with Crippen molar-refractivity contribution in [3.63, 3.8) is 0 Å². The van der Waals surface area contributed by atoms with Crippen LogP contribution in [-0.4, -0.2) is 68.1 Å². The van der Waals surface area contributed by atoms with Crippen LogP contribution in [0, 0.1) is 0 Å². The molecule has 0 saturated carbocycles. The van der Waals surface area contributed by atoms with Crippen molar-refractivity contribution in [2.45, 2.75) is 12.8 Å². The van der Waals surface area contributed by atoms with Crippen LogP contribution in [-0.2, 0) is 9.53 Å². The number of carbonyl (C=O) groups excluding carboxylic acids is 2. The molecule has 11 heteroatoms. The highest BCUT2D eigenvalue weighted by Gasteiger charge is 2.31. The first-order valence-corrected chi connectivity index (χ1v) is 9.94. The molecular weight excluding hydrogens is 429 g/mol. The predicted molar refractivity (Wildman–Crippen MR) is 110 cm³/mol. The number of carbonyl (C=O) groups is 2. The molecule has 0 spiro atoms. The first-order chi connectivity index (χ1) is 15.2. The molecule has 1 aliphatic rings. The van der Waals surface area contributed by atoms with E-state index in [1.54, 1.807) is 11.1 Å². The van der Waals surface area contributed by atoms with E-state index in [4.69, 9.17) is 4.74 Å². The van der Waals surface area contributed by atoms with Crippen molar-refractivity contribution in [3.8, 4) is 16.9 Å². The van der Waals surface area contributed by atoms with E-state index in [2.05, 4.69) is 15.0 Å². The molecule has 1 saturated heterocycles. The van der Waals surface area contributed by atoms with Gasteiger partial charge in [0, 0.05) is 45.0 Å². The lowest BCUT2D eigenvalue weighted by Crippen LogP contribution is -2.37. The van der Waals surface area contributed by atoms with Gasteiger partial charge < -0.3 is 24.6 Å². The summed E-state index contributed by atoms with van der Waals surface area (Å²) in [5.41, 5.74) is 1.46. The van der Waals surface area contributed by atoms with Gasteiger partial charge in [-0.05, 0) is 36.2 Å². The highest BCUT2D eigenvalue weighted by Crippen LogP contribution is 2.27. The van der Waals surface area contributed by atoms with Crippen LogP contribution in [0.1, 0.15) is 6.42 Å². The average molecular weight is 452 g/mol. The van der Waals surface area contributed by atoms with Crippen LogP contribution in [0.4, 0.5) is 23.8 Å². The second-order valence-electron chi connectivity index (χ2n) is 7.03. The van der Waals surface area contributed by atoms with Gasteiger partial charge in [-0.15, -0.1) is 13.2 Å². The number of nitrogens with one attached hydrogen (secondary N) is 1. The maximum atomic E-state index is 12.3. The standard InChI is InChI=1S/C21H23F3N4O4/c1-25-19(29)14-31-20(30)28-10-2-9-27(11-12-28)18-8-5-16(13-26-18)15-3-6-17(7-4-15)32-21(22,23)24/h3-8,13H,2,9-12,14H2,1H3,(H,25,29). The molecule has 2 amide bonds. The summed E-state index contributed by atoms with van der Waals surface area (Å²) in [6.45, 7) is 1.85. The van der Waals surface area contributed by atoms with E-state index in [0.717, 1.165) is 11.4 Å². The minimum atomic E-state index is -4.73. The molecule has 3 rings (SSSR count). The van der Waals surface area contributed by atoms with Gasteiger partial charge in [-0.1, -0.05) is 12.1 Å². The van der Waals surface area contributed by atoms with Gasteiger partial charge in [0.2, 0.25) is 0 Å². The lowest BCUT2D eigenvalue weighted by atomic mass is 10.1. The zero-order valence-electron chi connectivity index (χ0n) is 17.4. The summed E-state index contributed by atoms with van der Waals surface area (Å²) in [5, 5.41) is 2.39. The van der Waals surface area contributed by atoms with E-state index < -0.39 is 12.5 Å². The summed E-state index contributed by atoms with van der Waals surface area (Å²) >= 11 is 0. The van der Waals surface area contributed by atoms with Gasteiger partial charge in [0.15, 0.2) is 6.61 Å². The Hall–Kier alpha value is -3.50. The molecule has 0 unspecified atom stereocenters. The van der Waals surface area contributed by atoms with E-state index in [9.17, 15) is 22.8 Å². The zero-order valence-corrected chi connectivity index (χ0v) is 17.4.